The summed E-state index contributed by atoms with van der Waals surface area (Å²) in [4.78, 5) is 59.5. The van der Waals surface area contributed by atoms with E-state index in [4.69, 9.17) is 14.2 Å². The molecule has 8 rings (SSSR count). The minimum atomic E-state index is -1.65. The van der Waals surface area contributed by atoms with Crippen LogP contribution in [0.1, 0.15) is 70.2 Å². The van der Waals surface area contributed by atoms with Crippen molar-refractivity contribution in [3.63, 3.8) is 0 Å². The van der Waals surface area contributed by atoms with Gasteiger partial charge < -0.3 is 44.9 Å². The van der Waals surface area contributed by atoms with Crippen molar-refractivity contribution in [1.29, 1.82) is 0 Å². The van der Waals surface area contributed by atoms with Gasteiger partial charge in [0.25, 0.3) is 17.7 Å². The maximum atomic E-state index is 15.3. The van der Waals surface area contributed by atoms with Crippen LogP contribution in [0.3, 0.4) is 0 Å². The van der Waals surface area contributed by atoms with Gasteiger partial charge in [-0.05, 0) is 116 Å². The third-order valence-corrected chi connectivity index (χ3v) is 12.8. The molecule has 0 saturated carbocycles. The zero-order chi connectivity index (χ0) is 44.6. The Morgan fingerprint density at radius 2 is 1.38 bits per heavy atom. The van der Waals surface area contributed by atoms with Crippen molar-refractivity contribution in [1.82, 2.24) is 4.90 Å². The Kier molecular flexibility index (Phi) is 11.9. The lowest BCUT2D eigenvalue weighted by Gasteiger charge is -2.38. The van der Waals surface area contributed by atoms with Gasteiger partial charge in [-0.15, -0.1) is 0 Å². The highest BCUT2D eigenvalue weighted by Gasteiger charge is 2.66. The molecule has 63 heavy (non-hydrogen) atoms. The molecule has 326 valence electrons. The Balaban J connectivity index is 1.11. The van der Waals surface area contributed by atoms with E-state index in [1.54, 1.807) is 117 Å². The lowest BCUT2D eigenvalue weighted by molar-refractivity contribution is -0.151. The molecule has 1 fully saturated rings. The predicted octanol–water partition coefficient (Wildman–Crippen LogP) is 6.71. The van der Waals surface area contributed by atoms with Gasteiger partial charge in [0.2, 0.25) is 5.91 Å². The van der Waals surface area contributed by atoms with Gasteiger partial charge in [-0.3, -0.25) is 19.2 Å². The van der Waals surface area contributed by atoms with E-state index in [2.05, 4.69) is 10.6 Å². The molecule has 0 aliphatic carbocycles. The average Bonchev–Trinajstić information content (AvgIpc) is 3.71. The minimum Gasteiger partial charge on any atom is -0.497 e. The number of amides is 4. The first kappa shape index (κ1) is 43.1. The highest BCUT2D eigenvalue weighted by Crippen LogP contribution is 2.58. The van der Waals surface area contributed by atoms with E-state index in [0.29, 0.717) is 58.2 Å². The molecular weight excluding hydrogens is 801 g/mol. The molecule has 1 saturated heterocycles. The van der Waals surface area contributed by atoms with Gasteiger partial charge >= 0.3 is 0 Å². The number of aliphatic hydroxyl groups excluding tert-OH is 1. The van der Waals surface area contributed by atoms with Crippen LogP contribution in [0.5, 0.6) is 11.5 Å². The lowest BCUT2D eigenvalue weighted by Crippen LogP contribution is -2.48. The van der Waals surface area contributed by atoms with E-state index >= 15 is 4.79 Å². The average molecular weight is 853 g/mol. The molecule has 0 radical (unpaired) electrons. The third kappa shape index (κ3) is 8.27. The number of hydrogen-bond donors (Lipinski definition) is 4. The summed E-state index contributed by atoms with van der Waals surface area (Å²) in [6.45, 7) is 5.44. The highest BCUT2D eigenvalue weighted by atomic mass is 16.5. The van der Waals surface area contributed by atoms with Crippen LogP contribution in [0.25, 0.3) is 0 Å². The van der Waals surface area contributed by atoms with E-state index < -0.39 is 35.2 Å². The van der Waals surface area contributed by atoms with Gasteiger partial charge in [-0.25, -0.2) is 0 Å². The fourth-order valence-electron chi connectivity index (χ4n) is 9.61. The molecule has 5 atom stereocenters. The zero-order valence-electron chi connectivity index (χ0n) is 36.0. The van der Waals surface area contributed by atoms with E-state index in [0.717, 1.165) is 16.7 Å². The summed E-state index contributed by atoms with van der Waals surface area (Å²) in [5.74, 6) is -1.37. The molecule has 1 spiro atoms. The number of fused-ring (bicyclic) bond motifs is 3. The molecule has 4 amide bonds. The van der Waals surface area contributed by atoms with Crippen LogP contribution >= 0.6 is 0 Å². The molecule has 0 unspecified atom stereocenters. The van der Waals surface area contributed by atoms with Gasteiger partial charge in [0, 0.05) is 46.4 Å². The van der Waals surface area contributed by atoms with Crippen molar-refractivity contribution in [3.05, 3.63) is 149 Å². The maximum Gasteiger partial charge on any atom is 0.264 e. The second-order valence-corrected chi connectivity index (χ2v) is 17.1. The van der Waals surface area contributed by atoms with Crippen LogP contribution < -0.4 is 25.0 Å². The van der Waals surface area contributed by atoms with E-state index in [1.165, 1.54) is 0 Å². The predicted molar refractivity (Wildman–Crippen MR) is 238 cm³/mol. The van der Waals surface area contributed by atoms with E-state index in [-0.39, 0.29) is 43.2 Å². The molecule has 0 bridgehead atoms. The molecular formula is C50H52N4O9. The van der Waals surface area contributed by atoms with Crippen LogP contribution in [0.4, 0.5) is 17.1 Å². The number of nitrogens with one attached hydrogen (secondary N) is 2. The van der Waals surface area contributed by atoms with Gasteiger partial charge in [0.15, 0.2) is 5.60 Å². The molecule has 13 heteroatoms. The van der Waals surface area contributed by atoms with Crippen molar-refractivity contribution < 1.29 is 43.6 Å². The Bertz CT molecular complexity index is 2520. The first-order valence-electron chi connectivity index (χ1n) is 21.1. The van der Waals surface area contributed by atoms with Gasteiger partial charge in [0.1, 0.15) is 11.5 Å². The summed E-state index contributed by atoms with van der Waals surface area (Å²) in [7, 11) is 3.11. The number of anilines is 3. The quantitative estimate of drug-likeness (QED) is 0.107. The number of rotatable bonds is 12. The smallest absolute Gasteiger partial charge is 0.264 e. The highest BCUT2D eigenvalue weighted by molar-refractivity contribution is 6.09. The fraction of sp³-hybridized carbons (Fsp3) is 0.320. The third-order valence-electron chi connectivity index (χ3n) is 12.8. The van der Waals surface area contributed by atoms with Gasteiger partial charge in [-0.1, -0.05) is 43.3 Å². The van der Waals surface area contributed by atoms with Gasteiger partial charge in [0.05, 0.1) is 57.2 Å². The van der Waals surface area contributed by atoms with Crippen LogP contribution in [0.15, 0.2) is 115 Å². The number of aliphatic hydroxyl groups is 2. The fourth-order valence-corrected chi connectivity index (χ4v) is 9.61. The number of ether oxygens (including phenoxy) is 3. The van der Waals surface area contributed by atoms with Crippen LogP contribution in [0.2, 0.25) is 0 Å². The molecule has 3 aliphatic rings. The Hall–Kier alpha value is -6.54. The number of nitrogens with zero attached hydrogens (tertiary/aromatic N) is 2. The summed E-state index contributed by atoms with van der Waals surface area (Å²) < 4.78 is 17.5. The largest absolute Gasteiger partial charge is 0.497 e. The van der Waals surface area contributed by atoms with Crippen LogP contribution in [0, 0.1) is 11.8 Å². The molecule has 3 aliphatic heterocycles. The summed E-state index contributed by atoms with van der Waals surface area (Å²) in [6, 6.07) is 33.4. The molecule has 0 aromatic heterocycles. The first-order valence-corrected chi connectivity index (χ1v) is 21.1. The van der Waals surface area contributed by atoms with E-state index in [1.807, 2.05) is 43.3 Å². The van der Waals surface area contributed by atoms with E-state index in [9.17, 15) is 24.6 Å². The van der Waals surface area contributed by atoms with Crippen molar-refractivity contribution >= 4 is 40.7 Å². The summed E-state index contributed by atoms with van der Waals surface area (Å²) in [6.07, 6.45) is -0.535. The Morgan fingerprint density at radius 3 is 1.95 bits per heavy atom. The zero-order valence-corrected chi connectivity index (χ0v) is 36.0. The number of methoxy groups -OCH3 is 2. The second-order valence-electron chi connectivity index (χ2n) is 17.1. The molecule has 3 heterocycles. The number of carbonyl (C=O) groups is 4. The number of carbonyl (C=O) groups excluding carboxylic acids is 4. The van der Waals surface area contributed by atoms with Crippen molar-refractivity contribution in [2.75, 3.05) is 36.4 Å². The standard InChI is InChI=1S/C50H52N4O9/c1-30-45(49(2,3)60)43(26-44(56)53-28-35-9-7-6-8-34(35)24-38(53)29-55)63-50(30)41-25-37(52-47(58)33-14-21-40(62-5)22-15-33)18-23-42(41)54(48(50)59)27-31-10-16-36(17-11-31)51-46(57)32-12-19-39(61-4)20-13-32/h6-23,25,30,38,43,45,55,60H,24,26-29H2,1-5H3,(H,51,57)(H,52,58)/t30-,38+,43+,45-,50+/m1/s1. The maximum absolute atomic E-state index is 15.3. The van der Waals surface area contributed by atoms with Crippen molar-refractivity contribution in [2.45, 2.75) is 70.1 Å². The normalized spacial score (nSPS) is 21.5. The van der Waals surface area contributed by atoms with Crippen molar-refractivity contribution in [2.24, 2.45) is 11.8 Å². The molecule has 13 nitrogen and oxygen atoms in total. The summed E-state index contributed by atoms with van der Waals surface area (Å²) >= 11 is 0. The monoisotopic (exact) mass is 852 g/mol. The minimum absolute atomic E-state index is 0.135. The Labute approximate surface area is 366 Å². The van der Waals surface area contributed by atoms with Crippen LogP contribution in [-0.4, -0.2) is 77.3 Å². The molecule has 5 aromatic carbocycles. The number of hydrogen-bond acceptors (Lipinski definition) is 9. The second kappa shape index (κ2) is 17.3. The molecule has 5 aromatic rings. The Morgan fingerprint density at radius 1 is 0.810 bits per heavy atom. The molecule has 4 N–H and O–H groups in total. The van der Waals surface area contributed by atoms with Crippen molar-refractivity contribution in [3.8, 4) is 11.5 Å². The first-order chi connectivity index (χ1) is 30.2. The van der Waals surface area contributed by atoms with Gasteiger partial charge in [-0.2, -0.15) is 0 Å². The summed E-state index contributed by atoms with van der Waals surface area (Å²) in [5, 5.41) is 28.1. The topological polar surface area (TPSA) is 167 Å². The summed E-state index contributed by atoms with van der Waals surface area (Å²) in [5.41, 5.74) is 2.72. The number of benzene rings is 5. The lowest BCUT2D eigenvalue weighted by atomic mass is 9.70. The SMILES string of the molecule is COc1ccc(C(=O)Nc2ccc(CN3C(=O)[C@@]4(O[C@@H](CC(=O)N5Cc6ccccc6C[C@H]5CO)[C@H](C(C)(C)O)[C@H]4C)c4cc(NC(=O)c5ccc(OC)cc5)ccc43)cc2)cc1. The van der Waals surface area contributed by atoms with Crippen LogP contribution in [-0.2, 0) is 39.4 Å².